The first-order chi connectivity index (χ1) is 16.3. The van der Waals surface area contributed by atoms with Crippen LogP contribution in [0.3, 0.4) is 0 Å². The Morgan fingerprint density at radius 1 is 1.15 bits per heavy atom. The number of anilines is 1. The van der Waals surface area contributed by atoms with Crippen LogP contribution in [0.4, 0.5) is 5.69 Å². The number of nitrogens with zero attached hydrogens (tertiary/aromatic N) is 3. The van der Waals surface area contributed by atoms with Gasteiger partial charge >= 0.3 is 5.97 Å². The summed E-state index contributed by atoms with van der Waals surface area (Å²) in [6.07, 6.45) is 1.29. The number of carboxylic acid groups (broad SMARTS) is 1. The van der Waals surface area contributed by atoms with Gasteiger partial charge in [0.15, 0.2) is 28.6 Å². The van der Waals surface area contributed by atoms with E-state index in [1.165, 1.54) is 23.9 Å². The molecule has 0 saturated carbocycles. The number of methoxy groups -OCH3 is 1. The van der Waals surface area contributed by atoms with Gasteiger partial charge in [0.25, 0.3) is 0 Å². The molecule has 2 unspecified atom stereocenters. The molecule has 2 atom stereocenters. The maximum absolute atomic E-state index is 12.7. The number of benzene rings is 2. The topological polar surface area (TPSA) is 116 Å². The highest BCUT2D eigenvalue weighted by Gasteiger charge is 2.23. The van der Waals surface area contributed by atoms with Gasteiger partial charge in [0, 0.05) is 12.2 Å². The molecular formula is C24H26N4O5S. The number of hydrogen-bond donors (Lipinski definition) is 2. The van der Waals surface area contributed by atoms with Gasteiger partial charge in [0.05, 0.1) is 17.9 Å². The van der Waals surface area contributed by atoms with Crippen molar-refractivity contribution in [3.63, 3.8) is 0 Å². The number of nitrogens with one attached hydrogen (secondary N) is 1. The maximum atomic E-state index is 12.7. The molecule has 2 N–H and O–H groups in total. The molecule has 0 spiro atoms. The van der Waals surface area contributed by atoms with Crippen molar-refractivity contribution in [2.75, 3.05) is 12.4 Å². The highest BCUT2D eigenvalue weighted by atomic mass is 32.2. The second kappa shape index (κ2) is 11.4. The number of amides is 1. The highest BCUT2D eigenvalue weighted by Crippen LogP contribution is 2.32. The van der Waals surface area contributed by atoms with Gasteiger partial charge in [-0.15, -0.1) is 16.8 Å². The van der Waals surface area contributed by atoms with Crippen molar-refractivity contribution in [2.24, 2.45) is 0 Å². The van der Waals surface area contributed by atoms with Crippen LogP contribution in [0.5, 0.6) is 11.5 Å². The van der Waals surface area contributed by atoms with Gasteiger partial charge in [0.1, 0.15) is 0 Å². The lowest BCUT2D eigenvalue weighted by Crippen LogP contribution is -2.23. The number of carboxylic acids is 1. The van der Waals surface area contributed by atoms with E-state index in [4.69, 9.17) is 14.6 Å². The van der Waals surface area contributed by atoms with Crippen LogP contribution in [-0.2, 0) is 11.3 Å². The Bertz CT molecular complexity index is 1160. The third-order valence-corrected chi connectivity index (χ3v) is 5.92. The van der Waals surface area contributed by atoms with Gasteiger partial charge in [-0.25, -0.2) is 4.79 Å². The molecule has 3 rings (SSSR count). The number of rotatable bonds is 11. The number of carbonyl (C=O) groups is 2. The number of hydrogen-bond acceptors (Lipinski definition) is 7. The first-order valence-electron chi connectivity index (χ1n) is 10.5. The maximum Gasteiger partial charge on any atom is 0.335 e. The lowest BCUT2D eigenvalue weighted by molar-refractivity contribution is -0.115. The summed E-state index contributed by atoms with van der Waals surface area (Å²) in [4.78, 5) is 23.7. The first kappa shape index (κ1) is 24.8. The van der Waals surface area contributed by atoms with Crippen LogP contribution in [0.15, 0.2) is 66.3 Å². The minimum atomic E-state index is -1.02. The summed E-state index contributed by atoms with van der Waals surface area (Å²) in [7, 11) is 1.58. The third kappa shape index (κ3) is 5.96. The van der Waals surface area contributed by atoms with Gasteiger partial charge in [-0.1, -0.05) is 30.0 Å². The van der Waals surface area contributed by atoms with Crippen LogP contribution in [0.25, 0.3) is 0 Å². The molecule has 0 bridgehead atoms. The molecule has 1 amide bonds. The fraction of sp³-hybridized carbons (Fsp3) is 0.250. The molecule has 34 heavy (non-hydrogen) atoms. The van der Waals surface area contributed by atoms with Crippen molar-refractivity contribution in [1.82, 2.24) is 14.8 Å². The van der Waals surface area contributed by atoms with E-state index in [-0.39, 0.29) is 11.5 Å². The summed E-state index contributed by atoms with van der Waals surface area (Å²) in [6, 6.07) is 13.3. The Morgan fingerprint density at radius 3 is 2.44 bits per heavy atom. The number of thioether (sulfide) groups is 1. The van der Waals surface area contributed by atoms with Crippen LogP contribution in [-0.4, -0.2) is 44.1 Å². The molecule has 178 valence electrons. The number of aromatic nitrogens is 3. The van der Waals surface area contributed by atoms with E-state index in [2.05, 4.69) is 22.1 Å². The zero-order valence-corrected chi connectivity index (χ0v) is 19.9. The van der Waals surface area contributed by atoms with Crippen molar-refractivity contribution < 1.29 is 24.2 Å². The third-order valence-electron chi connectivity index (χ3n) is 4.84. The Kier molecular flexibility index (Phi) is 8.31. The molecule has 0 fully saturated rings. The molecular weight excluding hydrogens is 456 g/mol. The minimum absolute atomic E-state index is 0.148. The molecule has 0 aliphatic heterocycles. The fourth-order valence-corrected chi connectivity index (χ4v) is 3.97. The molecule has 0 aliphatic carbocycles. The smallest absolute Gasteiger partial charge is 0.335 e. The number of para-hydroxylation sites is 2. The second-order valence-electron chi connectivity index (χ2n) is 7.28. The van der Waals surface area contributed by atoms with Gasteiger partial charge in [-0.3, -0.25) is 9.36 Å². The molecule has 1 heterocycles. The summed E-state index contributed by atoms with van der Waals surface area (Å²) < 4.78 is 13.3. The predicted molar refractivity (Wildman–Crippen MR) is 130 cm³/mol. The van der Waals surface area contributed by atoms with Crippen molar-refractivity contribution in [3.05, 3.63) is 72.6 Å². The molecule has 2 aromatic carbocycles. The highest BCUT2D eigenvalue weighted by molar-refractivity contribution is 8.00. The lowest BCUT2D eigenvalue weighted by atomic mass is 10.2. The van der Waals surface area contributed by atoms with E-state index in [0.717, 1.165) is 0 Å². The Hall–Kier alpha value is -3.79. The van der Waals surface area contributed by atoms with Crippen molar-refractivity contribution in [2.45, 2.75) is 36.9 Å². The molecule has 0 aliphatic rings. The molecule has 0 radical (unpaired) electrons. The van der Waals surface area contributed by atoms with Gasteiger partial charge in [-0.05, 0) is 50.2 Å². The van der Waals surface area contributed by atoms with Crippen LogP contribution < -0.4 is 14.8 Å². The Morgan fingerprint density at radius 2 is 1.82 bits per heavy atom. The Labute approximate surface area is 201 Å². The summed E-state index contributed by atoms with van der Waals surface area (Å²) in [5, 5.41) is 20.4. The first-order valence-corrected chi connectivity index (χ1v) is 11.4. The van der Waals surface area contributed by atoms with E-state index in [0.29, 0.717) is 34.7 Å². The normalized spacial score (nSPS) is 12.4. The van der Waals surface area contributed by atoms with Crippen LogP contribution in [0.1, 0.15) is 36.1 Å². The standard InChI is InChI=1S/C24H26N4O5S/c1-5-14-28-21(15(2)33-20-9-7-6-8-19(20)32-4)26-27-24(28)34-16(3)22(29)25-18-12-10-17(11-13-18)23(30)31/h5-13,15-16H,1,14H2,2-4H3,(H,25,29)(H,30,31). The lowest BCUT2D eigenvalue weighted by Gasteiger charge is -2.18. The average molecular weight is 483 g/mol. The number of allylic oxidation sites excluding steroid dienone is 1. The number of ether oxygens (including phenoxy) is 2. The number of aromatic carboxylic acids is 1. The van der Waals surface area contributed by atoms with E-state index >= 15 is 0 Å². The summed E-state index contributed by atoms with van der Waals surface area (Å²) in [5.41, 5.74) is 0.657. The zero-order valence-electron chi connectivity index (χ0n) is 19.1. The summed E-state index contributed by atoms with van der Waals surface area (Å²) >= 11 is 1.25. The second-order valence-corrected chi connectivity index (χ2v) is 8.59. The fourth-order valence-electron chi connectivity index (χ4n) is 3.10. The monoisotopic (exact) mass is 482 g/mol. The SMILES string of the molecule is C=CCn1c(SC(C)C(=O)Nc2ccc(C(=O)O)cc2)nnc1C(C)Oc1ccccc1OC. The average Bonchev–Trinajstić information content (AvgIpc) is 3.22. The van der Waals surface area contributed by atoms with E-state index in [1.54, 1.807) is 32.2 Å². The van der Waals surface area contributed by atoms with Crippen LogP contribution in [0.2, 0.25) is 0 Å². The van der Waals surface area contributed by atoms with E-state index in [9.17, 15) is 9.59 Å². The van der Waals surface area contributed by atoms with E-state index in [1.807, 2.05) is 35.8 Å². The van der Waals surface area contributed by atoms with Gasteiger partial charge in [0.2, 0.25) is 5.91 Å². The van der Waals surface area contributed by atoms with E-state index < -0.39 is 17.3 Å². The molecule has 3 aromatic rings. The zero-order chi connectivity index (χ0) is 24.7. The minimum Gasteiger partial charge on any atom is -0.493 e. The van der Waals surface area contributed by atoms with Crippen LogP contribution in [0, 0.1) is 0 Å². The molecule has 10 heteroatoms. The Balaban J connectivity index is 1.72. The largest absolute Gasteiger partial charge is 0.493 e. The summed E-state index contributed by atoms with van der Waals surface area (Å²) in [6.45, 7) is 7.87. The van der Waals surface area contributed by atoms with Crippen molar-refractivity contribution in [1.29, 1.82) is 0 Å². The van der Waals surface area contributed by atoms with Gasteiger partial charge < -0.3 is 19.9 Å². The molecule has 1 aromatic heterocycles. The van der Waals surface area contributed by atoms with Crippen molar-refractivity contribution >= 4 is 29.3 Å². The van der Waals surface area contributed by atoms with Crippen LogP contribution >= 0.6 is 11.8 Å². The van der Waals surface area contributed by atoms with Gasteiger partial charge in [-0.2, -0.15) is 0 Å². The summed E-state index contributed by atoms with van der Waals surface area (Å²) in [5.74, 6) is 0.510. The number of carbonyl (C=O) groups excluding carboxylic acids is 1. The molecule has 0 saturated heterocycles. The van der Waals surface area contributed by atoms with Crippen molar-refractivity contribution in [3.8, 4) is 11.5 Å². The quantitative estimate of drug-likeness (QED) is 0.305. The predicted octanol–water partition coefficient (Wildman–Crippen LogP) is 4.43. The molecule has 9 nitrogen and oxygen atoms in total.